The molecule has 1 unspecified atom stereocenters. The van der Waals surface area contributed by atoms with Crippen LogP contribution in [-0.2, 0) is 9.53 Å². The maximum Gasteiger partial charge on any atom is 0.330 e. The van der Waals surface area contributed by atoms with Gasteiger partial charge in [-0.2, -0.15) is 0 Å². The second-order valence-electron chi connectivity index (χ2n) is 5.74. The smallest absolute Gasteiger partial charge is 0.330 e. The Bertz CT molecular complexity index is 851. The van der Waals surface area contributed by atoms with Gasteiger partial charge in [-0.3, -0.25) is 0 Å². The van der Waals surface area contributed by atoms with Crippen molar-refractivity contribution in [3.05, 3.63) is 63.4 Å². The van der Waals surface area contributed by atoms with Gasteiger partial charge < -0.3 is 14.8 Å². The van der Waals surface area contributed by atoms with Crippen LogP contribution in [0, 0.1) is 12.7 Å². The lowest BCUT2D eigenvalue weighted by molar-refractivity contribution is -0.134. The van der Waals surface area contributed by atoms with Gasteiger partial charge in [0.1, 0.15) is 18.2 Å². The minimum atomic E-state index is -0.540. The molecule has 3 rings (SSSR count). The molecule has 25 heavy (non-hydrogen) atoms. The molecule has 1 aliphatic rings. The number of carbonyl (C=O) groups is 1. The number of ether oxygens (including phenoxy) is 2. The van der Waals surface area contributed by atoms with Crippen molar-refractivity contribution in [1.82, 2.24) is 0 Å². The fourth-order valence-electron chi connectivity index (χ4n) is 2.71. The maximum absolute atomic E-state index is 14.3. The molecule has 6 heteroatoms. The second-order valence-corrected chi connectivity index (χ2v) is 6.65. The Balaban J connectivity index is 1.87. The van der Waals surface area contributed by atoms with Crippen LogP contribution >= 0.6 is 15.9 Å². The molecular formula is C19H17BrFNO3. The van der Waals surface area contributed by atoms with Gasteiger partial charge in [-0.05, 0) is 42.3 Å². The summed E-state index contributed by atoms with van der Waals surface area (Å²) < 4.78 is 25.6. The van der Waals surface area contributed by atoms with Crippen LogP contribution in [0.4, 0.5) is 10.1 Å². The predicted molar refractivity (Wildman–Crippen MR) is 98.2 cm³/mol. The normalized spacial score (nSPS) is 16.1. The Morgan fingerprint density at radius 2 is 2.20 bits per heavy atom. The van der Waals surface area contributed by atoms with E-state index >= 15 is 0 Å². The van der Waals surface area contributed by atoms with Crippen LogP contribution in [0.3, 0.4) is 0 Å². The van der Waals surface area contributed by atoms with E-state index in [1.807, 2.05) is 25.1 Å². The van der Waals surface area contributed by atoms with Crippen molar-refractivity contribution in [2.75, 3.05) is 19.0 Å². The van der Waals surface area contributed by atoms with Crippen molar-refractivity contribution in [3.8, 4) is 5.75 Å². The summed E-state index contributed by atoms with van der Waals surface area (Å²) in [5.74, 6) is -0.433. The first-order valence-electron chi connectivity index (χ1n) is 7.73. The lowest BCUT2D eigenvalue weighted by Gasteiger charge is -2.29. The molecule has 1 atom stereocenters. The first-order chi connectivity index (χ1) is 12.0. The van der Waals surface area contributed by atoms with Crippen molar-refractivity contribution in [2.24, 2.45) is 0 Å². The average molecular weight is 406 g/mol. The third-order valence-corrected chi connectivity index (χ3v) is 4.54. The number of hydrogen-bond donors (Lipinski definition) is 1. The van der Waals surface area contributed by atoms with Gasteiger partial charge in [-0.1, -0.05) is 22.0 Å². The summed E-state index contributed by atoms with van der Waals surface area (Å²) in [5.41, 5.74) is 3.08. The molecule has 4 nitrogen and oxygen atoms in total. The molecule has 0 radical (unpaired) electrons. The summed E-state index contributed by atoms with van der Waals surface area (Å²) in [6.07, 6.45) is 2.55. The van der Waals surface area contributed by atoms with E-state index in [2.05, 4.69) is 26.0 Å². The van der Waals surface area contributed by atoms with Crippen LogP contribution < -0.4 is 10.1 Å². The van der Waals surface area contributed by atoms with Gasteiger partial charge in [0.25, 0.3) is 0 Å². The van der Waals surface area contributed by atoms with Crippen molar-refractivity contribution < 1.29 is 18.7 Å². The molecule has 0 amide bonds. The molecule has 1 aliphatic heterocycles. The highest BCUT2D eigenvalue weighted by Crippen LogP contribution is 2.37. The molecule has 0 aromatic heterocycles. The van der Waals surface area contributed by atoms with E-state index in [1.54, 1.807) is 6.07 Å². The molecule has 2 aromatic rings. The third-order valence-electron chi connectivity index (χ3n) is 4.05. The van der Waals surface area contributed by atoms with Gasteiger partial charge in [-0.25, -0.2) is 9.18 Å². The lowest BCUT2D eigenvalue weighted by Crippen LogP contribution is -2.25. The SMILES string of the molecule is COC(=O)/C=C/c1cc2c(cc1F)NC(c1cc(Br)ccc1C)CO2. The summed E-state index contributed by atoms with van der Waals surface area (Å²) in [7, 11) is 1.27. The third kappa shape index (κ3) is 3.85. The number of nitrogens with one attached hydrogen (secondary N) is 1. The molecular weight excluding hydrogens is 389 g/mol. The zero-order chi connectivity index (χ0) is 18.0. The van der Waals surface area contributed by atoms with Gasteiger partial charge in [-0.15, -0.1) is 0 Å². The lowest BCUT2D eigenvalue weighted by atomic mass is 10.00. The highest BCUT2D eigenvalue weighted by Gasteiger charge is 2.23. The Kier molecular flexibility index (Phi) is 5.08. The van der Waals surface area contributed by atoms with Crippen molar-refractivity contribution in [1.29, 1.82) is 0 Å². The predicted octanol–water partition coefficient (Wildman–Crippen LogP) is 4.63. The first kappa shape index (κ1) is 17.5. The van der Waals surface area contributed by atoms with Crippen LogP contribution in [0.1, 0.15) is 22.7 Å². The summed E-state index contributed by atoms with van der Waals surface area (Å²) >= 11 is 3.48. The molecule has 2 aromatic carbocycles. The number of hydrogen-bond acceptors (Lipinski definition) is 4. The van der Waals surface area contributed by atoms with Gasteiger partial charge in [0.2, 0.25) is 0 Å². The van der Waals surface area contributed by atoms with Crippen LogP contribution in [0.5, 0.6) is 5.75 Å². The molecule has 1 heterocycles. The number of halogens is 2. The standard InChI is InChI=1S/C19H17BrFNO3/c1-11-3-5-13(20)8-14(11)17-10-25-18-7-12(4-6-19(23)24-2)15(21)9-16(18)22-17/h3-9,17,22H,10H2,1-2H3/b6-4+. The number of fused-ring (bicyclic) bond motifs is 1. The molecule has 1 N–H and O–H groups in total. The van der Waals surface area contributed by atoms with E-state index in [0.717, 1.165) is 15.6 Å². The maximum atomic E-state index is 14.3. The van der Waals surface area contributed by atoms with Crippen LogP contribution in [0.15, 0.2) is 40.9 Å². The van der Waals surface area contributed by atoms with Crippen LogP contribution in [-0.4, -0.2) is 19.7 Å². The number of anilines is 1. The van der Waals surface area contributed by atoms with E-state index in [9.17, 15) is 9.18 Å². The van der Waals surface area contributed by atoms with Crippen molar-refractivity contribution in [2.45, 2.75) is 13.0 Å². The largest absolute Gasteiger partial charge is 0.489 e. The highest BCUT2D eigenvalue weighted by atomic mass is 79.9. The summed E-state index contributed by atoms with van der Waals surface area (Å²) in [4.78, 5) is 11.2. The van der Waals surface area contributed by atoms with Crippen LogP contribution in [0.25, 0.3) is 6.08 Å². The zero-order valence-corrected chi connectivity index (χ0v) is 15.4. The van der Waals surface area contributed by atoms with Crippen molar-refractivity contribution in [3.63, 3.8) is 0 Å². The van der Waals surface area contributed by atoms with E-state index in [4.69, 9.17) is 4.74 Å². The molecule has 0 aliphatic carbocycles. The fourth-order valence-corrected chi connectivity index (χ4v) is 3.09. The number of aryl methyl sites for hydroxylation is 1. The molecule has 0 saturated heterocycles. The minimum absolute atomic E-state index is 0.0686. The van der Waals surface area contributed by atoms with Gasteiger partial charge >= 0.3 is 5.97 Å². The topological polar surface area (TPSA) is 47.6 Å². The molecule has 130 valence electrons. The minimum Gasteiger partial charge on any atom is -0.489 e. The molecule has 0 fully saturated rings. The Morgan fingerprint density at radius 1 is 1.40 bits per heavy atom. The number of carbonyl (C=O) groups excluding carboxylic acids is 1. The summed E-state index contributed by atoms with van der Waals surface area (Å²) in [5, 5.41) is 3.32. The zero-order valence-electron chi connectivity index (χ0n) is 13.8. The second kappa shape index (κ2) is 7.27. The van der Waals surface area contributed by atoms with Gasteiger partial charge in [0, 0.05) is 22.2 Å². The summed E-state index contributed by atoms with van der Waals surface area (Å²) in [6, 6.07) is 8.92. The van der Waals surface area contributed by atoms with Gasteiger partial charge in [0.05, 0.1) is 18.8 Å². The molecule has 0 saturated carbocycles. The van der Waals surface area contributed by atoms with Crippen molar-refractivity contribution >= 4 is 33.7 Å². The number of methoxy groups -OCH3 is 1. The monoisotopic (exact) mass is 405 g/mol. The van der Waals surface area contributed by atoms with Crippen LogP contribution in [0.2, 0.25) is 0 Å². The number of esters is 1. The highest BCUT2D eigenvalue weighted by molar-refractivity contribution is 9.10. The fraction of sp³-hybridized carbons (Fsp3) is 0.211. The Morgan fingerprint density at radius 3 is 2.96 bits per heavy atom. The van der Waals surface area contributed by atoms with E-state index < -0.39 is 11.8 Å². The first-order valence-corrected chi connectivity index (χ1v) is 8.52. The number of benzene rings is 2. The Labute approximate surface area is 153 Å². The molecule has 0 bridgehead atoms. The average Bonchev–Trinajstić information content (AvgIpc) is 2.61. The summed E-state index contributed by atoms with van der Waals surface area (Å²) in [6.45, 7) is 2.45. The molecule has 0 spiro atoms. The number of rotatable bonds is 3. The Hall–Kier alpha value is -2.34. The van der Waals surface area contributed by atoms with E-state index in [1.165, 1.54) is 25.3 Å². The van der Waals surface area contributed by atoms with E-state index in [0.29, 0.717) is 18.0 Å². The van der Waals surface area contributed by atoms with E-state index in [-0.39, 0.29) is 11.6 Å². The van der Waals surface area contributed by atoms with Gasteiger partial charge in [0.15, 0.2) is 0 Å². The quantitative estimate of drug-likeness (QED) is 0.597.